The van der Waals surface area contributed by atoms with Gasteiger partial charge in [0.15, 0.2) is 6.29 Å². The molecule has 1 N–H and O–H groups in total. The average Bonchev–Trinajstić information content (AvgIpc) is 2.33. The lowest BCUT2D eigenvalue weighted by Gasteiger charge is -2.24. The lowest BCUT2D eigenvalue weighted by Crippen LogP contribution is -2.34. The molecule has 1 rings (SSSR count). The molecule has 0 fully saturated rings. The van der Waals surface area contributed by atoms with E-state index in [1.165, 1.54) is 11.3 Å². The van der Waals surface area contributed by atoms with Gasteiger partial charge in [0.25, 0.3) is 0 Å². The Morgan fingerprint density at radius 1 is 1.18 bits per heavy atom. The summed E-state index contributed by atoms with van der Waals surface area (Å²) in [5.41, 5.74) is 2.51. The van der Waals surface area contributed by atoms with E-state index in [4.69, 9.17) is 9.47 Å². The van der Waals surface area contributed by atoms with Crippen molar-refractivity contribution in [3.05, 3.63) is 29.8 Å². The number of hydrogen-bond acceptors (Lipinski definition) is 3. The molecule has 0 aliphatic carbocycles. The molecule has 0 aliphatic heterocycles. The summed E-state index contributed by atoms with van der Waals surface area (Å²) < 4.78 is 10.5. The molecule has 3 nitrogen and oxygen atoms in total. The van der Waals surface area contributed by atoms with Crippen molar-refractivity contribution in [1.82, 2.24) is 0 Å². The number of anilines is 1. The summed E-state index contributed by atoms with van der Waals surface area (Å²) in [7, 11) is 3.31. The van der Waals surface area contributed by atoms with E-state index in [1.807, 2.05) is 6.07 Å². The summed E-state index contributed by atoms with van der Waals surface area (Å²) >= 11 is 0. The van der Waals surface area contributed by atoms with Crippen molar-refractivity contribution in [2.24, 2.45) is 0 Å². The first-order chi connectivity index (χ1) is 8.22. The summed E-state index contributed by atoms with van der Waals surface area (Å²) in [6, 6.07) is 8.49. The second-order valence-corrected chi connectivity index (χ2v) is 4.18. The SMILES string of the molecule is CCCc1ccccc1NC(C)C(OC)OC. The Morgan fingerprint density at radius 3 is 2.41 bits per heavy atom. The molecular weight excluding hydrogens is 214 g/mol. The molecule has 96 valence electrons. The van der Waals surface area contributed by atoms with E-state index < -0.39 is 0 Å². The molecule has 0 aromatic heterocycles. The molecule has 1 unspecified atom stereocenters. The van der Waals surface area contributed by atoms with Crippen LogP contribution < -0.4 is 5.32 Å². The van der Waals surface area contributed by atoms with E-state index in [0.29, 0.717) is 0 Å². The Hall–Kier alpha value is -1.06. The third-order valence-corrected chi connectivity index (χ3v) is 2.79. The van der Waals surface area contributed by atoms with Crippen LogP contribution >= 0.6 is 0 Å². The lowest BCUT2D eigenvalue weighted by atomic mass is 10.1. The number of aryl methyl sites for hydroxylation is 1. The van der Waals surface area contributed by atoms with Crippen molar-refractivity contribution in [3.63, 3.8) is 0 Å². The molecule has 0 saturated carbocycles. The van der Waals surface area contributed by atoms with Gasteiger partial charge in [0.1, 0.15) is 0 Å². The third-order valence-electron chi connectivity index (χ3n) is 2.79. The fourth-order valence-electron chi connectivity index (χ4n) is 1.97. The van der Waals surface area contributed by atoms with E-state index in [-0.39, 0.29) is 12.3 Å². The molecule has 0 heterocycles. The lowest BCUT2D eigenvalue weighted by molar-refractivity contribution is -0.109. The highest BCUT2D eigenvalue weighted by Gasteiger charge is 2.16. The minimum absolute atomic E-state index is 0.114. The number of benzene rings is 1. The number of rotatable bonds is 7. The molecule has 0 radical (unpaired) electrons. The monoisotopic (exact) mass is 237 g/mol. The van der Waals surface area contributed by atoms with Crippen LogP contribution in [0.5, 0.6) is 0 Å². The molecule has 1 aromatic carbocycles. The largest absolute Gasteiger partial charge is 0.377 e. The number of nitrogens with one attached hydrogen (secondary N) is 1. The van der Waals surface area contributed by atoms with Crippen molar-refractivity contribution in [2.75, 3.05) is 19.5 Å². The molecule has 1 aromatic rings. The topological polar surface area (TPSA) is 30.5 Å². The molecule has 0 spiro atoms. The Balaban J connectivity index is 2.72. The normalized spacial score (nSPS) is 12.8. The van der Waals surface area contributed by atoms with Gasteiger partial charge in [-0.3, -0.25) is 0 Å². The van der Waals surface area contributed by atoms with Gasteiger partial charge < -0.3 is 14.8 Å². The quantitative estimate of drug-likeness (QED) is 0.739. The van der Waals surface area contributed by atoms with Crippen molar-refractivity contribution in [2.45, 2.75) is 39.0 Å². The minimum atomic E-state index is -0.232. The van der Waals surface area contributed by atoms with Crippen LogP contribution in [-0.4, -0.2) is 26.6 Å². The zero-order valence-electron chi connectivity index (χ0n) is 11.2. The van der Waals surface area contributed by atoms with E-state index in [2.05, 4.69) is 37.4 Å². The molecular formula is C14H23NO2. The summed E-state index contributed by atoms with van der Waals surface area (Å²) in [5.74, 6) is 0. The van der Waals surface area contributed by atoms with Crippen LogP contribution in [0.25, 0.3) is 0 Å². The van der Waals surface area contributed by atoms with Crippen molar-refractivity contribution >= 4 is 5.69 Å². The Morgan fingerprint density at radius 2 is 1.82 bits per heavy atom. The summed E-state index contributed by atoms with van der Waals surface area (Å²) in [6.45, 7) is 4.24. The van der Waals surface area contributed by atoms with Gasteiger partial charge in [-0.15, -0.1) is 0 Å². The molecule has 1 atom stereocenters. The van der Waals surface area contributed by atoms with Crippen LogP contribution in [0, 0.1) is 0 Å². The highest BCUT2D eigenvalue weighted by atomic mass is 16.7. The molecule has 3 heteroatoms. The highest BCUT2D eigenvalue weighted by Crippen LogP contribution is 2.19. The number of para-hydroxylation sites is 1. The number of methoxy groups -OCH3 is 2. The Labute approximate surface area is 104 Å². The molecule has 0 saturated heterocycles. The number of ether oxygens (including phenoxy) is 2. The standard InChI is InChI=1S/C14H23NO2/c1-5-8-12-9-6-7-10-13(12)15-11(2)14(16-3)17-4/h6-7,9-11,14-15H,5,8H2,1-4H3. The van der Waals surface area contributed by atoms with Gasteiger partial charge >= 0.3 is 0 Å². The highest BCUT2D eigenvalue weighted by molar-refractivity contribution is 5.51. The maximum atomic E-state index is 5.25. The van der Waals surface area contributed by atoms with Gasteiger partial charge in [0, 0.05) is 19.9 Å². The minimum Gasteiger partial charge on any atom is -0.377 e. The summed E-state index contributed by atoms with van der Waals surface area (Å²) in [5, 5.41) is 3.45. The van der Waals surface area contributed by atoms with Crippen LogP contribution in [0.15, 0.2) is 24.3 Å². The van der Waals surface area contributed by atoms with Crippen LogP contribution in [0.2, 0.25) is 0 Å². The van der Waals surface area contributed by atoms with Gasteiger partial charge in [0.05, 0.1) is 6.04 Å². The summed E-state index contributed by atoms with van der Waals surface area (Å²) in [4.78, 5) is 0. The molecule has 0 aliphatic rings. The zero-order valence-corrected chi connectivity index (χ0v) is 11.2. The van der Waals surface area contributed by atoms with Crippen LogP contribution in [0.4, 0.5) is 5.69 Å². The van der Waals surface area contributed by atoms with Crippen LogP contribution in [0.1, 0.15) is 25.8 Å². The van der Waals surface area contributed by atoms with Crippen molar-refractivity contribution in [1.29, 1.82) is 0 Å². The van der Waals surface area contributed by atoms with Crippen molar-refractivity contribution < 1.29 is 9.47 Å². The molecule has 0 bridgehead atoms. The maximum Gasteiger partial charge on any atom is 0.176 e. The first-order valence-electron chi connectivity index (χ1n) is 6.13. The Kier molecular flexibility index (Phi) is 6.01. The van der Waals surface area contributed by atoms with Gasteiger partial charge in [-0.2, -0.15) is 0 Å². The second-order valence-electron chi connectivity index (χ2n) is 4.18. The van der Waals surface area contributed by atoms with Crippen LogP contribution in [-0.2, 0) is 15.9 Å². The smallest absolute Gasteiger partial charge is 0.176 e. The third kappa shape index (κ3) is 4.02. The van der Waals surface area contributed by atoms with Gasteiger partial charge in [-0.25, -0.2) is 0 Å². The fourth-order valence-corrected chi connectivity index (χ4v) is 1.97. The number of hydrogen-bond donors (Lipinski definition) is 1. The van der Waals surface area contributed by atoms with E-state index in [0.717, 1.165) is 12.8 Å². The molecule has 0 amide bonds. The predicted molar refractivity (Wildman–Crippen MR) is 71.3 cm³/mol. The maximum absolute atomic E-state index is 5.25. The first kappa shape index (κ1) is 14.0. The first-order valence-corrected chi connectivity index (χ1v) is 6.13. The average molecular weight is 237 g/mol. The van der Waals surface area contributed by atoms with Gasteiger partial charge in [0.2, 0.25) is 0 Å². The van der Waals surface area contributed by atoms with Crippen LogP contribution in [0.3, 0.4) is 0 Å². The second kappa shape index (κ2) is 7.30. The fraction of sp³-hybridized carbons (Fsp3) is 0.571. The van der Waals surface area contributed by atoms with Gasteiger partial charge in [-0.1, -0.05) is 31.5 Å². The van der Waals surface area contributed by atoms with E-state index >= 15 is 0 Å². The van der Waals surface area contributed by atoms with Gasteiger partial charge in [-0.05, 0) is 25.0 Å². The molecule has 17 heavy (non-hydrogen) atoms. The van der Waals surface area contributed by atoms with E-state index in [1.54, 1.807) is 14.2 Å². The Bertz CT molecular complexity index is 324. The van der Waals surface area contributed by atoms with E-state index in [9.17, 15) is 0 Å². The zero-order chi connectivity index (χ0) is 12.7. The summed E-state index contributed by atoms with van der Waals surface area (Å²) in [6.07, 6.45) is 2.00. The predicted octanol–water partition coefficient (Wildman–Crippen LogP) is 3.06. The van der Waals surface area contributed by atoms with Crippen molar-refractivity contribution in [3.8, 4) is 0 Å².